The van der Waals surface area contributed by atoms with Crippen molar-refractivity contribution in [1.29, 1.82) is 0 Å². The van der Waals surface area contributed by atoms with E-state index in [1.54, 1.807) is 0 Å². The lowest BCUT2D eigenvalue weighted by Gasteiger charge is -2.12. The molecule has 0 aromatic heterocycles. The Labute approximate surface area is 109 Å². The molecule has 0 aliphatic heterocycles. The van der Waals surface area contributed by atoms with Crippen molar-refractivity contribution in [3.63, 3.8) is 0 Å². The molecule has 1 aromatic rings. The van der Waals surface area contributed by atoms with Crippen molar-refractivity contribution < 1.29 is 18.0 Å². The van der Waals surface area contributed by atoms with E-state index in [0.29, 0.717) is 19.1 Å². The number of nitrogens with one attached hydrogen (secondary N) is 2. The Bertz CT molecular complexity index is 455. The van der Waals surface area contributed by atoms with Gasteiger partial charge in [-0.1, -0.05) is 12.1 Å². The molecule has 1 saturated carbocycles. The molecule has 0 heterocycles. The molecule has 3 nitrogen and oxygen atoms in total. The summed E-state index contributed by atoms with van der Waals surface area (Å²) in [7, 11) is 0. The fourth-order valence-electron chi connectivity index (χ4n) is 1.76. The molecule has 6 heteroatoms. The van der Waals surface area contributed by atoms with Gasteiger partial charge < -0.3 is 10.6 Å². The summed E-state index contributed by atoms with van der Waals surface area (Å²) in [6, 6.07) is 5.31. The molecule has 1 aliphatic carbocycles. The first-order chi connectivity index (χ1) is 8.98. The van der Waals surface area contributed by atoms with Crippen LogP contribution in [0.25, 0.3) is 0 Å². The predicted molar refractivity (Wildman–Crippen MR) is 64.8 cm³/mol. The third-order valence-corrected chi connectivity index (χ3v) is 2.90. The molecule has 2 N–H and O–H groups in total. The van der Waals surface area contributed by atoms with E-state index < -0.39 is 17.6 Å². The SMILES string of the molecule is O=C(NCCNC1CC1)c1ccccc1C(F)(F)F. The van der Waals surface area contributed by atoms with Gasteiger partial charge in [-0.05, 0) is 25.0 Å². The number of alkyl halides is 3. The van der Waals surface area contributed by atoms with Crippen LogP contribution >= 0.6 is 0 Å². The summed E-state index contributed by atoms with van der Waals surface area (Å²) in [5.74, 6) is -0.689. The monoisotopic (exact) mass is 272 g/mol. The lowest BCUT2D eigenvalue weighted by atomic mass is 10.1. The number of rotatable bonds is 5. The topological polar surface area (TPSA) is 41.1 Å². The fraction of sp³-hybridized carbons (Fsp3) is 0.462. The minimum absolute atomic E-state index is 0.321. The molecule has 0 spiro atoms. The highest BCUT2D eigenvalue weighted by Crippen LogP contribution is 2.31. The van der Waals surface area contributed by atoms with Gasteiger partial charge in [0.1, 0.15) is 0 Å². The largest absolute Gasteiger partial charge is 0.417 e. The van der Waals surface area contributed by atoms with Crippen molar-refractivity contribution in [2.45, 2.75) is 25.1 Å². The van der Waals surface area contributed by atoms with Crippen LogP contribution in [0.2, 0.25) is 0 Å². The van der Waals surface area contributed by atoms with Crippen LogP contribution < -0.4 is 10.6 Å². The van der Waals surface area contributed by atoms with Gasteiger partial charge in [0, 0.05) is 19.1 Å². The number of benzene rings is 1. The first-order valence-electron chi connectivity index (χ1n) is 6.16. The van der Waals surface area contributed by atoms with E-state index in [-0.39, 0.29) is 5.56 Å². The van der Waals surface area contributed by atoms with Gasteiger partial charge in [-0.15, -0.1) is 0 Å². The van der Waals surface area contributed by atoms with Crippen molar-refractivity contribution in [2.75, 3.05) is 13.1 Å². The Morgan fingerprint density at radius 1 is 1.21 bits per heavy atom. The maximum atomic E-state index is 12.7. The first kappa shape index (κ1) is 13.9. The first-order valence-corrected chi connectivity index (χ1v) is 6.16. The summed E-state index contributed by atoms with van der Waals surface area (Å²) in [5.41, 5.74) is -1.23. The molecule has 0 atom stereocenters. The number of halogens is 3. The average molecular weight is 272 g/mol. The Morgan fingerprint density at radius 2 is 1.89 bits per heavy atom. The Hall–Kier alpha value is -1.56. The minimum Gasteiger partial charge on any atom is -0.351 e. The van der Waals surface area contributed by atoms with Crippen LogP contribution in [0.5, 0.6) is 0 Å². The van der Waals surface area contributed by atoms with Gasteiger partial charge in [0.2, 0.25) is 0 Å². The van der Waals surface area contributed by atoms with Gasteiger partial charge in [0.05, 0.1) is 11.1 Å². The van der Waals surface area contributed by atoms with Crippen molar-refractivity contribution in [3.05, 3.63) is 35.4 Å². The predicted octanol–water partition coefficient (Wildman–Crippen LogP) is 2.19. The van der Waals surface area contributed by atoms with E-state index in [0.717, 1.165) is 18.9 Å². The van der Waals surface area contributed by atoms with Crippen LogP contribution in [0, 0.1) is 0 Å². The number of carbonyl (C=O) groups is 1. The highest BCUT2D eigenvalue weighted by Gasteiger charge is 2.34. The van der Waals surface area contributed by atoms with Crippen LogP contribution in [0.3, 0.4) is 0 Å². The third-order valence-electron chi connectivity index (χ3n) is 2.90. The molecule has 0 bridgehead atoms. The van der Waals surface area contributed by atoms with Gasteiger partial charge in [0.25, 0.3) is 5.91 Å². The number of amides is 1. The summed E-state index contributed by atoms with van der Waals surface area (Å²) in [6.45, 7) is 0.895. The van der Waals surface area contributed by atoms with Gasteiger partial charge in [-0.2, -0.15) is 13.2 Å². The normalized spacial score (nSPS) is 15.3. The van der Waals surface area contributed by atoms with Crippen LogP contribution in [0.1, 0.15) is 28.8 Å². The van der Waals surface area contributed by atoms with Gasteiger partial charge in [-0.3, -0.25) is 4.79 Å². The van der Waals surface area contributed by atoms with Crippen molar-refractivity contribution in [2.24, 2.45) is 0 Å². The van der Waals surface area contributed by atoms with E-state index >= 15 is 0 Å². The second kappa shape index (κ2) is 5.61. The molecular weight excluding hydrogens is 257 g/mol. The zero-order valence-corrected chi connectivity index (χ0v) is 10.3. The Morgan fingerprint density at radius 3 is 2.53 bits per heavy atom. The molecule has 1 amide bonds. The summed E-state index contributed by atoms with van der Waals surface area (Å²) in [6.07, 6.45) is -2.25. The molecule has 0 radical (unpaired) electrons. The number of carbonyl (C=O) groups excluding carboxylic acids is 1. The molecule has 19 heavy (non-hydrogen) atoms. The van der Waals surface area contributed by atoms with E-state index in [9.17, 15) is 18.0 Å². The third kappa shape index (κ3) is 3.96. The average Bonchev–Trinajstić information content (AvgIpc) is 3.17. The van der Waals surface area contributed by atoms with Gasteiger partial charge in [-0.25, -0.2) is 0 Å². The molecule has 1 fully saturated rings. The summed E-state index contributed by atoms with van der Waals surface area (Å²) in [4.78, 5) is 11.7. The maximum Gasteiger partial charge on any atom is 0.417 e. The lowest BCUT2D eigenvalue weighted by Crippen LogP contribution is -2.33. The fourth-order valence-corrected chi connectivity index (χ4v) is 1.76. The summed E-state index contributed by atoms with van der Waals surface area (Å²) in [5, 5.41) is 5.66. The van der Waals surface area contributed by atoms with E-state index in [4.69, 9.17) is 0 Å². The summed E-state index contributed by atoms with van der Waals surface area (Å²) >= 11 is 0. The van der Waals surface area contributed by atoms with E-state index in [2.05, 4.69) is 10.6 Å². The van der Waals surface area contributed by atoms with Crippen molar-refractivity contribution >= 4 is 5.91 Å². The van der Waals surface area contributed by atoms with E-state index in [1.165, 1.54) is 18.2 Å². The highest BCUT2D eigenvalue weighted by atomic mass is 19.4. The quantitative estimate of drug-likeness (QED) is 0.807. The van der Waals surface area contributed by atoms with Crippen LogP contribution in [0.4, 0.5) is 13.2 Å². The molecule has 0 saturated heterocycles. The summed E-state index contributed by atoms with van der Waals surface area (Å²) < 4.78 is 38.2. The molecule has 1 aromatic carbocycles. The van der Waals surface area contributed by atoms with E-state index in [1.807, 2.05) is 0 Å². The van der Waals surface area contributed by atoms with Crippen LogP contribution in [-0.2, 0) is 6.18 Å². The second-order valence-corrected chi connectivity index (χ2v) is 4.53. The lowest BCUT2D eigenvalue weighted by molar-refractivity contribution is -0.137. The molecular formula is C13H15F3N2O. The smallest absolute Gasteiger partial charge is 0.351 e. The highest BCUT2D eigenvalue weighted by molar-refractivity contribution is 5.95. The molecule has 104 valence electrons. The number of hydrogen-bond donors (Lipinski definition) is 2. The van der Waals surface area contributed by atoms with Crippen LogP contribution in [-0.4, -0.2) is 25.0 Å². The standard InChI is InChI=1S/C13H15F3N2O/c14-13(15,16)11-4-2-1-3-10(11)12(19)18-8-7-17-9-5-6-9/h1-4,9,17H,5-8H2,(H,18,19). The van der Waals surface area contributed by atoms with Crippen molar-refractivity contribution in [1.82, 2.24) is 10.6 Å². The van der Waals surface area contributed by atoms with Gasteiger partial charge in [0.15, 0.2) is 0 Å². The molecule has 1 aliphatic rings. The molecule has 0 unspecified atom stereocenters. The van der Waals surface area contributed by atoms with Gasteiger partial charge >= 0.3 is 6.18 Å². The van der Waals surface area contributed by atoms with Crippen LogP contribution in [0.15, 0.2) is 24.3 Å². The number of hydrogen-bond acceptors (Lipinski definition) is 2. The second-order valence-electron chi connectivity index (χ2n) is 4.53. The Balaban J connectivity index is 1.93. The molecule has 2 rings (SSSR count). The van der Waals surface area contributed by atoms with Crippen molar-refractivity contribution in [3.8, 4) is 0 Å². The minimum atomic E-state index is -4.51. The zero-order chi connectivity index (χ0) is 13.9. The maximum absolute atomic E-state index is 12.7. The Kier molecular flexibility index (Phi) is 4.09. The zero-order valence-electron chi connectivity index (χ0n) is 10.3.